The van der Waals surface area contributed by atoms with E-state index in [0.717, 1.165) is 33.8 Å². The molecule has 0 bridgehead atoms. The second kappa shape index (κ2) is 7.78. The molecule has 0 aliphatic carbocycles. The van der Waals surface area contributed by atoms with E-state index >= 15 is 0 Å². The third-order valence-corrected chi connectivity index (χ3v) is 4.85. The fourth-order valence-corrected chi connectivity index (χ4v) is 3.46. The molecule has 0 spiro atoms. The first-order valence-corrected chi connectivity index (χ1v) is 9.08. The van der Waals surface area contributed by atoms with Gasteiger partial charge < -0.3 is 14.9 Å². The van der Waals surface area contributed by atoms with Crippen LogP contribution in [0.4, 0.5) is 5.69 Å². The molecule has 0 radical (unpaired) electrons. The van der Waals surface area contributed by atoms with Crippen LogP contribution in [0.25, 0.3) is 5.69 Å². The lowest BCUT2D eigenvalue weighted by Gasteiger charge is -2.11. The highest BCUT2D eigenvalue weighted by molar-refractivity contribution is 5.98. The zero-order valence-electron chi connectivity index (χ0n) is 16.7. The highest BCUT2D eigenvalue weighted by Crippen LogP contribution is 2.22. The van der Waals surface area contributed by atoms with Crippen LogP contribution in [0.2, 0.25) is 0 Å². The van der Waals surface area contributed by atoms with Crippen molar-refractivity contribution in [1.29, 1.82) is 0 Å². The molecule has 0 saturated heterocycles. The molecule has 3 rings (SSSR count). The van der Waals surface area contributed by atoms with Crippen molar-refractivity contribution in [2.45, 2.75) is 27.3 Å². The van der Waals surface area contributed by atoms with Gasteiger partial charge in [-0.1, -0.05) is 12.1 Å². The summed E-state index contributed by atoms with van der Waals surface area (Å²) < 4.78 is 2.77. The fraction of sp³-hybridized carbons (Fsp3) is 0.190. The fourth-order valence-electron chi connectivity index (χ4n) is 3.46. The number of primary amides is 1. The van der Waals surface area contributed by atoms with E-state index < -0.39 is 40.0 Å². The largest absolute Gasteiger partial charge is 0.365 e. The van der Waals surface area contributed by atoms with Gasteiger partial charge in [-0.15, -0.1) is 0 Å². The molecule has 9 heteroatoms. The van der Waals surface area contributed by atoms with Gasteiger partial charge in [0.05, 0.1) is 17.7 Å². The summed E-state index contributed by atoms with van der Waals surface area (Å²) in [5.74, 6) is -1.51. The first-order chi connectivity index (χ1) is 14.1. The quantitative estimate of drug-likeness (QED) is 0.380. The van der Waals surface area contributed by atoms with E-state index in [0.29, 0.717) is 11.3 Å². The Morgan fingerprint density at radius 1 is 1.10 bits per heavy atom. The monoisotopic (exact) mass is 408 g/mol. The van der Waals surface area contributed by atoms with Crippen LogP contribution in [0.15, 0.2) is 47.4 Å². The Balaban J connectivity index is 2.04. The second-order valence-electron chi connectivity index (χ2n) is 7.05. The summed E-state index contributed by atoms with van der Waals surface area (Å²) >= 11 is 0. The molecule has 0 unspecified atom stereocenters. The van der Waals surface area contributed by atoms with Gasteiger partial charge in [0.2, 0.25) is 0 Å². The smallest absolute Gasteiger partial charge is 0.286 e. The number of aryl methyl sites for hydroxylation is 2. The number of Topliss-reactive ketones (excluding diaryl/α,β-unsaturated/α-hetero) is 1. The average molecular weight is 408 g/mol. The molecule has 1 aromatic carbocycles. The summed E-state index contributed by atoms with van der Waals surface area (Å²) in [7, 11) is 0. The van der Waals surface area contributed by atoms with Crippen LogP contribution in [0.3, 0.4) is 0 Å². The van der Waals surface area contributed by atoms with E-state index in [1.165, 1.54) is 0 Å². The van der Waals surface area contributed by atoms with E-state index in [1.807, 2.05) is 42.7 Å². The van der Waals surface area contributed by atoms with Gasteiger partial charge >= 0.3 is 0 Å². The molecule has 9 nitrogen and oxygen atoms in total. The first-order valence-electron chi connectivity index (χ1n) is 9.08. The Bertz CT molecular complexity index is 1250. The van der Waals surface area contributed by atoms with Gasteiger partial charge in [-0.2, -0.15) is 0 Å². The molecule has 2 heterocycles. The molecule has 0 atom stereocenters. The van der Waals surface area contributed by atoms with E-state index in [-0.39, 0.29) is 0 Å². The number of carbonyl (C=O) groups excluding carboxylic acids is 2. The molecule has 0 saturated carbocycles. The number of carbonyl (C=O) groups is 2. The van der Waals surface area contributed by atoms with Gasteiger partial charge in [-0.05, 0) is 44.5 Å². The van der Waals surface area contributed by atoms with Crippen molar-refractivity contribution in [2.24, 2.45) is 5.73 Å². The summed E-state index contributed by atoms with van der Waals surface area (Å²) in [5.41, 5.74) is 7.11. The summed E-state index contributed by atoms with van der Waals surface area (Å²) in [4.78, 5) is 47.3. The number of nitrogens with zero attached hydrogens (tertiary/aromatic N) is 3. The normalized spacial score (nSPS) is 10.8. The molecule has 0 fully saturated rings. The van der Waals surface area contributed by atoms with Crippen LogP contribution in [-0.4, -0.2) is 25.7 Å². The standard InChI is InChI=1S/C21H20N4O5/c1-12-5-4-6-15(7-12)24-13(2)8-17(14(24)3)19(26)11-23-10-16(25(29)30)9-18(20(22)27)21(23)28/h4-10H,11H2,1-3H3,(H2,22,27). The van der Waals surface area contributed by atoms with Crippen LogP contribution in [0.1, 0.15) is 37.7 Å². The molecule has 30 heavy (non-hydrogen) atoms. The van der Waals surface area contributed by atoms with E-state index in [1.54, 1.807) is 13.0 Å². The zero-order valence-corrected chi connectivity index (χ0v) is 16.7. The lowest BCUT2D eigenvalue weighted by Crippen LogP contribution is -2.31. The number of pyridine rings is 1. The van der Waals surface area contributed by atoms with Gasteiger partial charge in [0.15, 0.2) is 5.78 Å². The van der Waals surface area contributed by atoms with Gasteiger partial charge in [0.25, 0.3) is 17.2 Å². The van der Waals surface area contributed by atoms with E-state index in [9.17, 15) is 24.5 Å². The van der Waals surface area contributed by atoms with Crippen LogP contribution in [0, 0.1) is 30.9 Å². The number of nitrogens with two attached hydrogens (primary N) is 1. The Hall–Kier alpha value is -4.01. The molecule has 154 valence electrons. The van der Waals surface area contributed by atoms with E-state index in [2.05, 4.69) is 0 Å². The Labute approximate surface area is 171 Å². The predicted octanol–water partition coefficient (Wildman–Crippen LogP) is 2.45. The van der Waals surface area contributed by atoms with Crippen LogP contribution < -0.4 is 11.3 Å². The van der Waals surface area contributed by atoms with E-state index in [4.69, 9.17) is 5.73 Å². The van der Waals surface area contributed by atoms with Gasteiger partial charge in [-0.25, -0.2) is 0 Å². The predicted molar refractivity (Wildman–Crippen MR) is 110 cm³/mol. The molecular weight excluding hydrogens is 388 g/mol. The number of benzene rings is 1. The maximum absolute atomic E-state index is 13.0. The number of hydrogen-bond acceptors (Lipinski definition) is 5. The Kier molecular flexibility index (Phi) is 5.37. The van der Waals surface area contributed by atoms with Crippen molar-refractivity contribution >= 4 is 17.4 Å². The third-order valence-electron chi connectivity index (χ3n) is 4.85. The van der Waals surface area contributed by atoms with Gasteiger partial charge in [-0.3, -0.25) is 24.5 Å². The van der Waals surface area contributed by atoms with Crippen molar-refractivity contribution in [3.05, 3.63) is 91.1 Å². The zero-order chi connectivity index (χ0) is 22.2. The number of ketones is 1. The Morgan fingerprint density at radius 2 is 1.80 bits per heavy atom. The Morgan fingerprint density at radius 3 is 2.40 bits per heavy atom. The number of hydrogen-bond donors (Lipinski definition) is 1. The highest BCUT2D eigenvalue weighted by Gasteiger charge is 2.21. The first kappa shape index (κ1) is 20.7. The lowest BCUT2D eigenvalue weighted by molar-refractivity contribution is -0.385. The van der Waals surface area contributed by atoms with Gasteiger partial charge in [0.1, 0.15) is 5.56 Å². The highest BCUT2D eigenvalue weighted by atomic mass is 16.6. The molecule has 0 aliphatic rings. The van der Waals surface area contributed by atoms with Crippen molar-refractivity contribution in [2.75, 3.05) is 0 Å². The molecule has 0 aliphatic heterocycles. The van der Waals surface area contributed by atoms with Crippen LogP contribution >= 0.6 is 0 Å². The number of amides is 1. The van der Waals surface area contributed by atoms with Crippen molar-refractivity contribution < 1.29 is 14.5 Å². The van der Waals surface area contributed by atoms with Crippen LogP contribution in [-0.2, 0) is 6.54 Å². The molecule has 3 aromatic rings. The molecule has 2 aromatic heterocycles. The van der Waals surface area contributed by atoms with Crippen molar-refractivity contribution in [3.63, 3.8) is 0 Å². The lowest BCUT2D eigenvalue weighted by atomic mass is 10.1. The molecule has 1 amide bonds. The minimum atomic E-state index is -1.09. The number of aromatic nitrogens is 2. The average Bonchev–Trinajstić information content (AvgIpc) is 2.97. The topological polar surface area (TPSA) is 130 Å². The minimum Gasteiger partial charge on any atom is -0.365 e. The summed E-state index contributed by atoms with van der Waals surface area (Å²) in [5, 5.41) is 11.1. The maximum atomic E-state index is 13.0. The van der Waals surface area contributed by atoms with Crippen molar-refractivity contribution in [3.8, 4) is 5.69 Å². The number of rotatable bonds is 6. The molecular formula is C21H20N4O5. The second-order valence-corrected chi connectivity index (χ2v) is 7.05. The number of nitro groups is 1. The van der Waals surface area contributed by atoms with Crippen LogP contribution in [0.5, 0.6) is 0 Å². The minimum absolute atomic E-state index is 0.382. The third kappa shape index (κ3) is 3.77. The maximum Gasteiger partial charge on any atom is 0.286 e. The van der Waals surface area contributed by atoms with Gasteiger partial charge in [0, 0.05) is 28.7 Å². The van der Waals surface area contributed by atoms with Crippen molar-refractivity contribution in [1.82, 2.24) is 9.13 Å². The summed E-state index contributed by atoms with van der Waals surface area (Å²) in [6.07, 6.45) is 0.937. The summed E-state index contributed by atoms with van der Waals surface area (Å²) in [6.45, 7) is 5.15. The summed E-state index contributed by atoms with van der Waals surface area (Å²) in [6, 6.07) is 10.3. The molecule has 2 N–H and O–H groups in total. The SMILES string of the molecule is Cc1cccc(-n2c(C)cc(C(=O)Cn3cc([N+](=O)[O-])cc(C(N)=O)c3=O)c2C)c1.